The van der Waals surface area contributed by atoms with E-state index in [2.05, 4.69) is 21.3 Å². The van der Waals surface area contributed by atoms with Crippen molar-refractivity contribution < 1.29 is 4.79 Å². The maximum atomic E-state index is 12.5. The summed E-state index contributed by atoms with van der Waals surface area (Å²) in [4.78, 5) is 21.2. The minimum absolute atomic E-state index is 0.0972. The van der Waals surface area contributed by atoms with Crippen molar-refractivity contribution in [1.82, 2.24) is 20.1 Å². The molecule has 2 aliphatic heterocycles. The van der Waals surface area contributed by atoms with Crippen molar-refractivity contribution in [3.05, 3.63) is 30.1 Å². The van der Waals surface area contributed by atoms with Gasteiger partial charge in [-0.25, -0.2) is 4.79 Å². The fourth-order valence-corrected chi connectivity index (χ4v) is 3.68. The topological polar surface area (TPSA) is 48.5 Å². The van der Waals surface area contributed by atoms with Gasteiger partial charge in [-0.3, -0.25) is 9.88 Å². The number of aromatic nitrogens is 1. The van der Waals surface area contributed by atoms with Crippen LogP contribution in [0.25, 0.3) is 0 Å². The standard InChI is InChI=1S/C18H28N4O/c23-18(20-10-8-16-6-5-9-19-14-16)22-13-2-1-7-17(15-22)21-11-3-4-12-21/h5-6,9,14,17H,1-4,7-8,10-13,15H2,(H,20,23)/t17-/m0/s1. The molecule has 126 valence electrons. The Balaban J connectivity index is 1.47. The number of rotatable bonds is 4. The Bertz CT molecular complexity index is 487. The van der Waals surface area contributed by atoms with Crippen LogP contribution in [-0.4, -0.2) is 59.6 Å². The molecule has 1 aromatic heterocycles. The third-order valence-electron chi connectivity index (χ3n) is 5.00. The maximum absolute atomic E-state index is 12.5. The molecule has 0 bridgehead atoms. The van der Waals surface area contributed by atoms with Crippen molar-refractivity contribution in [1.29, 1.82) is 0 Å². The summed E-state index contributed by atoms with van der Waals surface area (Å²) in [5, 5.41) is 3.08. The lowest BCUT2D eigenvalue weighted by atomic mass is 10.1. The average Bonchev–Trinajstić information content (AvgIpc) is 3.00. The smallest absolute Gasteiger partial charge is 0.317 e. The van der Waals surface area contributed by atoms with E-state index in [0.717, 1.165) is 25.9 Å². The van der Waals surface area contributed by atoms with Gasteiger partial charge >= 0.3 is 6.03 Å². The van der Waals surface area contributed by atoms with Gasteiger partial charge in [-0.1, -0.05) is 12.5 Å². The monoisotopic (exact) mass is 316 g/mol. The second kappa shape index (κ2) is 8.29. The average molecular weight is 316 g/mol. The molecule has 0 radical (unpaired) electrons. The number of urea groups is 1. The molecule has 1 N–H and O–H groups in total. The van der Waals surface area contributed by atoms with Crippen molar-refractivity contribution in [2.75, 3.05) is 32.7 Å². The second-order valence-electron chi connectivity index (χ2n) is 6.68. The molecule has 2 saturated heterocycles. The SMILES string of the molecule is O=C(NCCc1cccnc1)N1CCCC[C@H](N2CCCC2)C1. The molecule has 3 rings (SSSR count). The van der Waals surface area contributed by atoms with Gasteiger partial charge in [-0.05, 0) is 56.8 Å². The lowest BCUT2D eigenvalue weighted by Crippen LogP contribution is -2.47. The highest BCUT2D eigenvalue weighted by molar-refractivity contribution is 5.74. The van der Waals surface area contributed by atoms with Crippen LogP contribution >= 0.6 is 0 Å². The van der Waals surface area contributed by atoms with Crippen molar-refractivity contribution in [2.24, 2.45) is 0 Å². The minimum Gasteiger partial charge on any atom is -0.338 e. The Kier molecular flexibility index (Phi) is 5.86. The van der Waals surface area contributed by atoms with Gasteiger partial charge in [-0.15, -0.1) is 0 Å². The number of nitrogens with one attached hydrogen (secondary N) is 1. The van der Waals surface area contributed by atoms with Crippen molar-refractivity contribution in [3.63, 3.8) is 0 Å². The number of hydrogen-bond donors (Lipinski definition) is 1. The van der Waals surface area contributed by atoms with E-state index in [1.165, 1.54) is 44.3 Å². The van der Waals surface area contributed by atoms with E-state index in [-0.39, 0.29) is 6.03 Å². The summed E-state index contributed by atoms with van der Waals surface area (Å²) in [6.45, 7) is 4.87. The zero-order valence-corrected chi connectivity index (χ0v) is 13.9. The van der Waals surface area contributed by atoms with Crippen LogP contribution in [0.2, 0.25) is 0 Å². The number of carbonyl (C=O) groups excluding carboxylic acids is 1. The highest BCUT2D eigenvalue weighted by Gasteiger charge is 2.27. The molecule has 0 aliphatic carbocycles. The van der Waals surface area contributed by atoms with Crippen LogP contribution in [0.3, 0.4) is 0 Å². The molecule has 0 unspecified atom stereocenters. The lowest BCUT2D eigenvalue weighted by Gasteiger charge is -2.30. The summed E-state index contributed by atoms with van der Waals surface area (Å²) < 4.78 is 0. The van der Waals surface area contributed by atoms with Gasteiger partial charge in [-0.2, -0.15) is 0 Å². The van der Waals surface area contributed by atoms with Crippen LogP contribution < -0.4 is 5.32 Å². The van der Waals surface area contributed by atoms with E-state index in [0.29, 0.717) is 12.6 Å². The van der Waals surface area contributed by atoms with Crippen LogP contribution in [0, 0.1) is 0 Å². The van der Waals surface area contributed by atoms with E-state index in [1.807, 2.05) is 17.2 Å². The molecule has 2 amide bonds. The van der Waals surface area contributed by atoms with Gasteiger partial charge < -0.3 is 10.2 Å². The first-order valence-corrected chi connectivity index (χ1v) is 8.98. The molecular weight excluding hydrogens is 288 g/mol. The predicted octanol–water partition coefficient (Wildman–Crippen LogP) is 2.28. The molecule has 3 heterocycles. The van der Waals surface area contributed by atoms with Gasteiger partial charge in [0.1, 0.15) is 0 Å². The molecule has 5 nitrogen and oxygen atoms in total. The fraction of sp³-hybridized carbons (Fsp3) is 0.667. The van der Waals surface area contributed by atoms with E-state index < -0.39 is 0 Å². The zero-order valence-electron chi connectivity index (χ0n) is 13.9. The van der Waals surface area contributed by atoms with Crippen LogP contribution in [0.1, 0.15) is 37.7 Å². The van der Waals surface area contributed by atoms with E-state index in [4.69, 9.17) is 0 Å². The first kappa shape index (κ1) is 16.2. The summed E-state index contributed by atoms with van der Waals surface area (Å²) in [6.07, 6.45) is 10.7. The summed E-state index contributed by atoms with van der Waals surface area (Å²) >= 11 is 0. The van der Waals surface area contributed by atoms with Crippen LogP contribution in [-0.2, 0) is 6.42 Å². The Morgan fingerprint density at radius 3 is 2.83 bits per heavy atom. The van der Waals surface area contributed by atoms with Gasteiger partial charge in [0.05, 0.1) is 0 Å². The predicted molar refractivity (Wildman–Crippen MR) is 91.4 cm³/mol. The molecule has 1 aromatic rings. The van der Waals surface area contributed by atoms with E-state index in [1.54, 1.807) is 6.20 Å². The van der Waals surface area contributed by atoms with Crippen LogP contribution in [0.5, 0.6) is 0 Å². The van der Waals surface area contributed by atoms with Crippen molar-refractivity contribution in [2.45, 2.75) is 44.6 Å². The Labute approximate surface area is 139 Å². The summed E-state index contributed by atoms with van der Waals surface area (Å²) in [7, 11) is 0. The normalized spacial score (nSPS) is 22.8. The van der Waals surface area contributed by atoms with E-state index >= 15 is 0 Å². The van der Waals surface area contributed by atoms with Gasteiger partial charge in [0.15, 0.2) is 0 Å². The Morgan fingerprint density at radius 2 is 2.04 bits per heavy atom. The van der Waals surface area contributed by atoms with Crippen LogP contribution in [0.15, 0.2) is 24.5 Å². The summed E-state index contributed by atoms with van der Waals surface area (Å²) in [5.41, 5.74) is 1.17. The molecule has 23 heavy (non-hydrogen) atoms. The third-order valence-corrected chi connectivity index (χ3v) is 5.00. The van der Waals surface area contributed by atoms with Gasteiger partial charge in [0.2, 0.25) is 0 Å². The molecule has 2 aliphatic rings. The number of pyridine rings is 1. The Morgan fingerprint density at radius 1 is 1.22 bits per heavy atom. The molecule has 0 saturated carbocycles. The number of amides is 2. The first-order chi connectivity index (χ1) is 11.3. The first-order valence-electron chi connectivity index (χ1n) is 8.98. The number of likely N-dealkylation sites (tertiary alicyclic amines) is 2. The zero-order chi connectivity index (χ0) is 15.9. The minimum atomic E-state index is 0.0972. The summed E-state index contributed by atoms with van der Waals surface area (Å²) in [6, 6.07) is 4.64. The van der Waals surface area contributed by atoms with Gasteiger partial charge in [0.25, 0.3) is 0 Å². The quantitative estimate of drug-likeness (QED) is 0.927. The van der Waals surface area contributed by atoms with Gasteiger partial charge in [0, 0.05) is 38.1 Å². The molecular formula is C18H28N4O. The largest absolute Gasteiger partial charge is 0.338 e. The van der Waals surface area contributed by atoms with E-state index in [9.17, 15) is 4.79 Å². The lowest BCUT2D eigenvalue weighted by molar-refractivity contribution is 0.166. The highest BCUT2D eigenvalue weighted by atomic mass is 16.2. The number of hydrogen-bond acceptors (Lipinski definition) is 3. The third kappa shape index (κ3) is 4.67. The molecule has 1 atom stereocenters. The Hall–Kier alpha value is -1.62. The number of carbonyl (C=O) groups is 1. The second-order valence-corrected chi connectivity index (χ2v) is 6.68. The van der Waals surface area contributed by atoms with Crippen LogP contribution in [0.4, 0.5) is 4.79 Å². The number of nitrogens with zero attached hydrogens (tertiary/aromatic N) is 3. The van der Waals surface area contributed by atoms with Crippen molar-refractivity contribution >= 4 is 6.03 Å². The molecule has 0 spiro atoms. The fourth-order valence-electron chi connectivity index (χ4n) is 3.68. The highest BCUT2D eigenvalue weighted by Crippen LogP contribution is 2.20. The molecule has 0 aromatic carbocycles. The summed E-state index contributed by atoms with van der Waals surface area (Å²) in [5.74, 6) is 0. The molecule has 2 fully saturated rings. The maximum Gasteiger partial charge on any atom is 0.317 e. The van der Waals surface area contributed by atoms with Crippen molar-refractivity contribution in [3.8, 4) is 0 Å². The molecule has 5 heteroatoms.